The molecule has 0 radical (unpaired) electrons. The van der Waals surface area contributed by atoms with E-state index >= 15 is 0 Å². The standard InChI is InChI=1S/C22H22Cl2FN5O2/c1-13(20-17(23)2-3-18(25)21(20)24)32-19-8-14(9-27-22(19)26)15-10-28-30(11-15)16-4-6-29(12-31)7-5-16/h2-3,8-13,16H,4-7H2,1H3,(H2,26,27)/t13-/m1/s1. The Morgan fingerprint density at radius 1 is 1.25 bits per heavy atom. The lowest BCUT2D eigenvalue weighted by atomic mass is 10.1. The number of anilines is 1. The summed E-state index contributed by atoms with van der Waals surface area (Å²) >= 11 is 12.3. The Labute approximate surface area is 194 Å². The van der Waals surface area contributed by atoms with Gasteiger partial charge in [-0.05, 0) is 38.0 Å². The third-order valence-electron chi connectivity index (χ3n) is 5.63. The zero-order chi connectivity index (χ0) is 22.8. The first-order valence-corrected chi connectivity index (χ1v) is 10.9. The minimum Gasteiger partial charge on any atom is -0.482 e. The molecular formula is C22H22Cl2FN5O2. The number of rotatable bonds is 6. The second-order valence-corrected chi connectivity index (χ2v) is 8.49. The largest absolute Gasteiger partial charge is 0.482 e. The van der Waals surface area contributed by atoms with Crippen LogP contribution in [0.1, 0.15) is 37.5 Å². The van der Waals surface area contributed by atoms with Gasteiger partial charge in [-0.1, -0.05) is 23.2 Å². The van der Waals surface area contributed by atoms with Crippen molar-refractivity contribution in [2.45, 2.75) is 31.9 Å². The molecular weight excluding hydrogens is 456 g/mol. The van der Waals surface area contributed by atoms with Crippen molar-refractivity contribution >= 4 is 35.4 Å². The predicted molar refractivity (Wildman–Crippen MR) is 121 cm³/mol. The number of halogens is 3. The van der Waals surface area contributed by atoms with Crippen LogP contribution in [0.4, 0.5) is 10.2 Å². The Morgan fingerprint density at radius 3 is 2.72 bits per heavy atom. The van der Waals surface area contributed by atoms with Gasteiger partial charge in [-0.15, -0.1) is 0 Å². The van der Waals surface area contributed by atoms with Gasteiger partial charge < -0.3 is 15.4 Å². The number of carbonyl (C=O) groups is 1. The highest BCUT2D eigenvalue weighted by Crippen LogP contribution is 2.37. The zero-order valence-electron chi connectivity index (χ0n) is 17.3. The van der Waals surface area contributed by atoms with Gasteiger partial charge in [-0.2, -0.15) is 5.10 Å². The Kier molecular flexibility index (Phi) is 6.53. The molecule has 10 heteroatoms. The third-order valence-corrected chi connectivity index (χ3v) is 6.34. The van der Waals surface area contributed by atoms with Gasteiger partial charge in [0.05, 0.1) is 17.3 Å². The fourth-order valence-electron chi connectivity index (χ4n) is 3.81. The maximum Gasteiger partial charge on any atom is 0.209 e. The summed E-state index contributed by atoms with van der Waals surface area (Å²) in [5.41, 5.74) is 7.99. The number of likely N-dealkylation sites (tertiary alicyclic amines) is 1. The van der Waals surface area contributed by atoms with Gasteiger partial charge in [0.1, 0.15) is 11.9 Å². The van der Waals surface area contributed by atoms with Gasteiger partial charge in [0.2, 0.25) is 6.41 Å². The number of hydrogen-bond acceptors (Lipinski definition) is 5. The van der Waals surface area contributed by atoms with Crippen LogP contribution in [0.2, 0.25) is 10.0 Å². The van der Waals surface area contributed by atoms with E-state index in [1.54, 1.807) is 30.3 Å². The molecule has 3 heterocycles. The molecule has 1 atom stereocenters. The molecule has 3 aromatic rings. The summed E-state index contributed by atoms with van der Waals surface area (Å²) in [6.45, 7) is 3.14. The number of benzene rings is 1. The zero-order valence-corrected chi connectivity index (χ0v) is 18.9. The van der Waals surface area contributed by atoms with E-state index in [2.05, 4.69) is 10.1 Å². The summed E-state index contributed by atoms with van der Waals surface area (Å²) in [5.74, 6) is -0.0518. The van der Waals surface area contributed by atoms with Gasteiger partial charge in [-0.25, -0.2) is 9.37 Å². The summed E-state index contributed by atoms with van der Waals surface area (Å²) in [5, 5.41) is 4.71. The fourth-order valence-corrected chi connectivity index (χ4v) is 4.49. The van der Waals surface area contributed by atoms with Crippen molar-refractivity contribution < 1.29 is 13.9 Å². The number of hydrogen-bond donors (Lipinski definition) is 1. The minimum atomic E-state index is -0.657. The van der Waals surface area contributed by atoms with Crippen LogP contribution in [0.5, 0.6) is 5.75 Å². The number of piperidine rings is 1. The van der Waals surface area contributed by atoms with Crippen LogP contribution in [0, 0.1) is 5.82 Å². The molecule has 0 saturated carbocycles. The monoisotopic (exact) mass is 477 g/mol. The molecule has 32 heavy (non-hydrogen) atoms. The molecule has 1 saturated heterocycles. The molecule has 2 aromatic heterocycles. The molecule has 1 aliphatic rings. The Morgan fingerprint density at radius 2 is 2.00 bits per heavy atom. The maximum absolute atomic E-state index is 13.9. The van der Waals surface area contributed by atoms with Crippen LogP contribution in [-0.2, 0) is 4.79 Å². The predicted octanol–water partition coefficient (Wildman–Crippen LogP) is 4.91. The van der Waals surface area contributed by atoms with Crippen molar-refractivity contribution in [3.63, 3.8) is 0 Å². The molecule has 7 nitrogen and oxygen atoms in total. The van der Waals surface area contributed by atoms with Crippen molar-refractivity contribution in [1.29, 1.82) is 0 Å². The second kappa shape index (κ2) is 9.34. The highest BCUT2D eigenvalue weighted by Gasteiger charge is 2.22. The second-order valence-electron chi connectivity index (χ2n) is 7.71. The number of pyridine rings is 1. The van der Waals surface area contributed by atoms with Crippen molar-refractivity contribution in [3.05, 3.63) is 58.2 Å². The van der Waals surface area contributed by atoms with Gasteiger partial charge in [-0.3, -0.25) is 9.48 Å². The van der Waals surface area contributed by atoms with Gasteiger partial charge in [0.25, 0.3) is 0 Å². The van der Waals surface area contributed by atoms with E-state index in [1.165, 1.54) is 12.1 Å². The number of aromatic nitrogens is 3. The number of carbonyl (C=O) groups excluding carboxylic acids is 1. The molecule has 1 aliphatic heterocycles. The van der Waals surface area contributed by atoms with Gasteiger partial charge in [0.15, 0.2) is 11.6 Å². The normalized spacial score (nSPS) is 15.6. The van der Waals surface area contributed by atoms with Crippen LogP contribution in [0.15, 0.2) is 36.8 Å². The third kappa shape index (κ3) is 4.52. The molecule has 1 fully saturated rings. The molecule has 1 aromatic carbocycles. The Bertz CT molecular complexity index is 1130. The van der Waals surface area contributed by atoms with Gasteiger partial charge in [0, 0.05) is 47.2 Å². The van der Waals surface area contributed by atoms with Crippen molar-refractivity contribution in [3.8, 4) is 16.9 Å². The lowest BCUT2D eigenvalue weighted by Crippen LogP contribution is -2.33. The smallest absolute Gasteiger partial charge is 0.209 e. The average Bonchev–Trinajstić information content (AvgIpc) is 3.28. The summed E-state index contributed by atoms with van der Waals surface area (Å²) in [6, 6.07) is 4.63. The molecule has 0 aliphatic carbocycles. The number of nitrogens with two attached hydrogens (primary N) is 1. The minimum absolute atomic E-state index is 0.0883. The molecule has 0 bridgehead atoms. The summed E-state index contributed by atoms with van der Waals surface area (Å²) in [6.07, 6.45) is 7.27. The number of ether oxygens (including phenoxy) is 1. The van der Waals surface area contributed by atoms with Crippen molar-refractivity contribution in [2.75, 3.05) is 18.8 Å². The Balaban J connectivity index is 1.54. The topological polar surface area (TPSA) is 86.3 Å². The molecule has 1 amide bonds. The Hall–Kier alpha value is -2.84. The quantitative estimate of drug-likeness (QED) is 0.402. The van der Waals surface area contributed by atoms with E-state index in [9.17, 15) is 9.18 Å². The maximum atomic E-state index is 13.9. The number of nitrogens with zero attached hydrogens (tertiary/aromatic N) is 4. The van der Waals surface area contributed by atoms with Crippen molar-refractivity contribution in [2.24, 2.45) is 0 Å². The van der Waals surface area contributed by atoms with Crippen LogP contribution < -0.4 is 10.5 Å². The molecule has 0 unspecified atom stereocenters. The first kappa shape index (κ1) is 22.4. The molecule has 168 valence electrons. The number of nitrogen functional groups attached to an aromatic ring is 1. The van der Waals surface area contributed by atoms with Crippen LogP contribution in [-0.4, -0.2) is 39.2 Å². The highest BCUT2D eigenvalue weighted by molar-refractivity contribution is 6.36. The van der Waals surface area contributed by atoms with Crippen LogP contribution in [0.25, 0.3) is 11.1 Å². The molecule has 0 spiro atoms. The molecule has 4 rings (SSSR count). The lowest BCUT2D eigenvalue weighted by molar-refractivity contribution is -0.119. The van der Waals surface area contributed by atoms with E-state index in [0.29, 0.717) is 29.4 Å². The van der Waals surface area contributed by atoms with E-state index in [4.69, 9.17) is 33.7 Å². The lowest BCUT2D eigenvalue weighted by Gasteiger charge is -2.29. The first-order valence-electron chi connectivity index (χ1n) is 10.2. The molecule has 2 N–H and O–H groups in total. The van der Waals surface area contributed by atoms with Crippen LogP contribution in [0.3, 0.4) is 0 Å². The fraction of sp³-hybridized carbons (Fsp3) is 0.318. The summed E-state index contributed by atoms with van der Waals surface area (Å²) in [4.78, 5) is 16.9. The summed E-state index contributed by atoms with van der Waals surface area (Å²) < 4.78 is 21.8. The SMILES string of the molecule is C[C@@H](Oc1cc(-c2cnn(C3CCN(C=O)CC3)c2)cnc1N)c1c(Cl)ccc(F)c1Cl. The first-order chi connectivity index (χ1) is 15.4. The highest BCUT2D eigenvalue weighted by atomic mass is 35.5. The van der Waals surface area contributed by atoms with Crippen molar-refractivity contribution in [1.82, 2.24) is 19.7 Å². The average molecular weight is 478 g/mol. The van der Waals surface area contributed by atoms with E-state index in [0.717, 1.165) is 30.4 Å². The van der Waals surface area contributed by atoms with Crippen LogP contribution >= 0.6 is 23.2 Å². The van der Waals surface area contributed by atoms with E-state index < -0.39 is 11.9 Å². The van der Waals surface area contributed by atoms with E-state index in [-0.39, 0.29) is 16.9 Å². The van der Waals surface area contributed by atoms with Gasteiger partial charge >= 0.3 is 0 Å². The van der Waals surface area contributed by atoms with E-state index in [1.807, 2.05) is 10.9 Å². The summed E-state index contributed by atoms with van der Waals surface area (Å²) in [7, 11) is 0. The number of amides is 1.